The smallest absolute Gasteiger partial charge is 0.338 e. The zero-order chi connectivity index (χ0) is 15.4. The molecule has 0 amide bonds. The Morgan fingerprint density at radius 2 is 1.95 bits per heavy atom. The molecule has 4 nitrogen and oxygen atoms in total. The Kier molecular flexibility index (Phi) is 4.98. The molecule has 0 aliphatic rings. The van der Waals surface area contributed by atoms with Crippen LogP contribution < -0.4 is 0 Å². The highest BCUT2D eigenvalue weighted by molar-refractivity contribution is 7.99. The molecule has 110 valence electrons. The summed E-state index contributed by atoms with van der Waals surface area (Å²) in [6.07, 6.45) is -0.652. The summed E-state index contributed by atoms with van der Waals surface area (Å²) in [7, 11) is 0. The molecule has 0 radical (unpaired) electrons. The molecule has 2 aromatic rings. The van der Waals surface area contributed by atoms with Crippen molar-refractivity contribution in [2.45, 2.75) is 25.0 Å². The number of aryl methyl sites for hydroxylation is 2. The Balaban J connectivity index is 2.18. The third kappa shape index (κ3) is 3.83. The maximum Gasteiger partial charge on any atom is 0.338 e. The van der Waals surface area contributed by atoms with Gasteiger partial charge in [0.25, 0.3) is 0 Å². The van der Waals surface area contributed by atoms with Crippen LogP contribution in [-0.2, 0) is 0 Å². The molecule has 1 aromatic carbocycles. The van der Waals surface area contributed by atoms with Gasteiger partial charge in [-0.3, -0.25) is 0 Å². The van der Waals surface area contributed by atoms with Crippen molar-refractivity contribution in [3.63, 3.8) is 0 Å². The van der Waals surface area contributed by atoms with Gasteiger partial charge in [-0.15, -0.1) is 11.8 Å². The Labute approximate surface area is 127 Å². The topological polar surface area (TPSA) is 70.4 Å². The lowest BCUT2D eigenvalue weighted by Crippen LogP contribution is -2.07. The van der Waals surface area contributed by atoms with Crippen molar-refractivity contribution >= 4 is 17.7 Å². The molecule has 0 spiro atoms. The lowest BCUT2D eigenvalue weighted by molar-refractivity contribution is 0.0691. The van der Waals surface area contributed by atoms with Crippen LogP contribution in [0.2, 0.25) is 0 Å². The predicted octanol–water partition coefficient (Wildman–Crippen LogP) is 3.22. The molecule has 0 aliphatic carbocycles. The molecule has 1 unspecified atom stereocenters. The molecule has 0 saturated carbocycles. The van der Waals surface area contributed by atoms with Crippen LogP contribution in [0.15, 0.2) is 41.4 Å². The van der Waals surface area contributed by atoms with Crippen molar-refractivity contribution in [2.24, 2.45) is 0 Å². The van der Waals surface area contributed by atoms with Crippen molar-refractivity contribution in [2.75, 3.05) is 5.75 Å². The molecule has 1 aromatic heterocycles. The van der Waals surface area contributed by atoms with Crippen molar-refractivity contribution in [1.29, 1.82) is 0 Å². The summed E-state index contributed by atoms with van der Waals surface area (Å²) < 4.78 is 0. The van der Waals surface area contributed by atoms with Gasteiger partial charge < -0.3 is 10.2 Å². The Bertz CT molecular complexity index is 643. The second kappa shape index (κ2) is 6.74. The monoisotopic (exact) mass is 303 g/mol. The maximum atomic E-state index is 11.4. The van der Waals surface area contributed by atoms with Crippen LogP contribution in [0.3, 0.4) is 0 Å². The Hall–Kier alpha value is -1.85. The maximum absolute atomic E-state index is 11.4. The van der Waals surface area contributed by atoms with Crippen LogP contribution >= 0.6 is 11.8 Å². The van der Waals surface area contributed by atoms with Crippen molar-refractivity contribution < 1.29 is 15.0 Å². The number of carboxylic acids is 1. The molecule has 2 rings (SSSR count). The highest BCUT2D eigenvalue weighted by Crippen LogP contribution is 2.28. The van der Waals surface area contributed by atoms with E-state index in [1.165, 1.54) is 11.8 Å². The number of aliphatic hydroxyl groups excluding tert-OH is 1. The first kappa shape index (κ1) is 15.5. The summed E-state index contributed by atoms with van der Waals surface area (Å²) in [6.45, 7) is 3.59. The number of carboxylic acid groups (broad SMARTS) is 1. The normalized spacial score (nSPS) is 12.1. The fraction of sp³-hybridized carbons (Fsp3) is 0.250. The van der Waals surface area contributed by atoms with Crippen molar-refractivity contribution in [3.8, 4) is 0 Å². The minimum Gasteiger partial charge on any atom is -0.478 e. The van der Waals surface area contributed by atoms with Gasteiger partial charge in [-0.05, 0) is 31.0 Å². The zero-order valence-corrected chi connectivity index (χ0v) is 12.7. The number of aromatic nitrogens is 1. The highest BCUT2D eigenvalue weighted by atomic mass is 32.2. The van der Waals surface area contributed by atoms with E-state index in [9.17, 15) is 15.0 Å². The number of aromatic carboxylic acids is 1. The predicted molar refractivity (Wildman–Crippen MR) is 82.8 cm³/mol. The van der Waals surface area contributed by atoms with E-state index in [1.807, 2.05) is 37.3 Å². The quantitative estimate of drug-likeness (QED) is 0.830. The van der Waals surface area contributed by atoms with Crippen LogP contribution in [0.5, 0.6) is 0 Å². The molecule has 0 saturated heterocycles. The number of nitrogens with zero attached hydrogens (tertiary/aromatic N) is 1. The molecule has 5 heteroatoms. The molecular formula is C16H17NO3S. The van der Waals surface area contributed by atoms with Crippen LogP contribution in [-0.4, -0.2) is 26.9 Å². The highest BCUT2D eigenvalue weighted by Gasteiger charge is 2.17. The number of thioether (sulfide) groups is 1. The van der Waals surface area contributed by atoms with Gasteiger partial charge in [0.2, 0.25) is 0 Å². The van der Waals surface area contributed by atoms with Crippen LogP contribution in [0.1, 0.15) is 33.3 Å². The first-order chi connectivity index (χ1) is 9.99. The Morgan fingerprint density at radius 1 is 1.29 bits per heavy atom. The summed E-state index contributed by atoms with van der Waals surface area (Å²) in [4.78, 5) is 15.6. The molecule has 2 N–H and O–H groups in total. The van der Waals surface area contributed by atoms with Crippen LogP contribution in [0, 0.1) is 13.8 Å². The largest absolute Gasteiger partial charge is 0.478 e. The van der Waals surface area contributed by atoms with E-state index < -0.39 is 12.1 Å². The van der Waals surface area contributed by atoms with Crippen molar-refractivity contribution in [3.05, 3.63) is 58.8 Å². The van der Waals surface area contributed by atoms with Gasteiger partial charge >= 0.3 is 5.97 Å². The van der Waals surface area contributed by atoms with Gasteiger partial charge in [0, 0.05) is 11.4 Å². The number of benzene rings is 1. The standard InChI is InChI=1S/C16H17NO3S/c1-10-8-11(2)17-15(14(10)16(19)20)21-9-13(18)12-6-4-3-5-7-12/h3-8,13,18H,9H2,1-2H3,(H,19,20). The van der Waals surface area contributed by atoms with E-state index in [2.05, 4.69) is 4.98 Å². The lowest BCUT2D eigenvalue weighted by atomic mass is 10.1. The van der Waals surface area contributed by atoms with E-state index >= 15 is 0 Å². The SMILES string of the molecule is Cc1cc(C)c(C(=O)O)c(SCC(O)c2ccccc2)n1. The average Bonchev–Trinajstić information content (AvgIpc) is 2.44. The molecule has 0 aliphatic heterocycles. The Morgan fingerprint density at radius 3 is 2.57 bits per heavy atom. The number of rotatable bonds is 5. The minimum absolute atomic E-state index is 0.214. The second-order valence-corrected chi connectivity index (χ2v) is 5.81. The second-order valence-electron chi connectivity index (χ2n) is 4.80. The van der Waals surface area contributed by atoms with E-state index in [-0.39, 0.29) is 5.56 Å². The van der Waals surface area contributed by atoms with Gasteiger partial charge in [0.15, 0.2) is 0 Å². The summed E-state index contributed by atoms with van der Waals surface area (Å²) in [6, 6.07) is 11.1. The summed E-state index contributed by atoms with van der Waals surface area (Å²) in [5.41, 5.74) is 2.48. The van der Waals surface area contributed by atoms with E-state index in [0.717, 1.165) is 11.3 Å². The van der Waals surface area contributed by atoms with Gasteiger partial charge in [0.05, 0.1) is 11.7 Å². The van der Waals surface area contributed by atoms with Crippen LogP contribution in [0.25, 0.3) is 0 Å². The van der Waals surface area contributed by atoms with E-state index in [4.69, 9.17) is 0 Å². The third-order valence-electron chi connectivity index (χ3n) is 3.09. The minimum atomic E-state index is -0.989. The number of carbonyl (C=O) groups is 1. The number of aliphatic hydroxyl groups is 1. The first-order valence-corrected chi connectivity index (χ1v) is 7.55. The number of pyridine rings is 1. The molecule has 1 heterocycles. The van der Waals surface area contributed by atoms with Crippen LogP contribution in [0.4, 0.5) is 0 Å². The summed E-state index contributed by atoms with van der Waals surface area (Å²) in [5, 5.41) is 19.9. The van der Waals surface area contributed by atoms with E-state index in [0.29, 0.717) is 16.3 Å². The molecule has 21 heavy (non-hydrogen) atoms. The fourth-order valence-electron chi connectivity index (χ4n) is 2.10. The molecule has 0 bridgehead atoms. The van der Waals surface area contributed by atoms with Gasteiger partial charge in [0.1, 0.15) is 5.03 Å². The number of hydrogen-bond acceptors (Lipinski definition) is 4. The summed E-state index contributed by atoms with van der Waals surface area (Å²) >= 11 is 1.26. The van der Waals surface area contributed by atoms with Gasteiger partial charge in [-0.25, -0.2) is 9.78 Å². The third-order valence-corrected chi connectivity index (χ3v) is 4.14. The number of hydrogen-bond donors (Lipinski definition) is 2. The van der Waals surface area contributed by atoms with E-state index in [1.54, 1.807) is 13.0 Å². The summed E-state index contributed by atoms with van der Waals surface area (Å²) in [5.74, 6) is -0.628. The first-order valence-electron chi connectivity index (χ1n) is 6.56. The lowest BCUT2D eigenvalue weighted by Gasteiger charge is -2.13. The fourth-order valence-corrected chi connectivity index (χ4v) is 3.21. The van der Waals surface area contributed by atoms with Crippen molar-refractivity contribution in [1.82, 2.24) is 4.98 Å². The van der Waals surface area contributed by atoms with Gasteiger partial charge in [-0.2, -0.15) is 0 Å². The average molecular weight is 303 g/mol. The molecular weight excluding hydrogens is 286 g/mol. The molecule has 0 fully saturated rings. The zero-order valence-electron chi connectivity index (χ0n) is 11.9. The van der Waals surface area contributed by atoms with Gasteiger partial charge in [-0.1, -0.05) is 30.3 Å². The molecule has 1 atom stereocenters.